The summed E-state index contributed by atoms with van der Waals surface area (Å²) >= 11 is 0. The van der Waals surface area contributed by atoms with Crippen LogP contribution < -0.4 is 0 Å². The van der Waals surface area contributed by atoms with E-state index in [1.165, 1.54) is 186 Å². The first-order valence-electron chi connectivity index (χ1n) is 25.6. The number of hydrogen-bond acceptors (Lipinski definition) is 1. The lowest BCUT2D eigenvalue weighted by Gasteiger charge is -2.61. The zero-order valence-electron chi connectivity index (χ0n) is 38.5. The van der Waals surface area contributed by atoms with E-state index in [-0.39, 0.29) is 0 Å². The van der Waals surface area contributed by atoms with Gasteiger partial charge < -0.3 is 4.74 Å². The molecule has 320 valence electrons. The highest BCUT2D eigenvalue weighted by atomic mass is 16.5. The van der Waals surface area contributed by atoms with Crippen molar-refractivity contribution < 1.29 is 4.74 Å². The summed E-state index contributed by atoms with van der Waals surface area (Å²) < 4.78 is 6.70. The molecule has 0 amide bonds. The zero-order chi connectivity index (χ0) is 39.4. The molecule has 4 rings (SSSR count). The fourth-order valence-corrected chi connectivity index (χ4v) is 13.5. The average Bonchev–Trinajstić information content (AvgIpc) is 3.53. The molecule has 4 fully saturated rings. The second kappa shape index (κ2) is 25.8. The first kappa shape index (κ1) is 47.1. The lowest BCUT2D eigenvalue weighted by atomic mass is 9.44. The SMILES string of the molecule is CCCCC/C=C\C/C=C\CCCCCCCCCCC(CC)CCCCO[C@H]1CC[C@@]2(C)C(CCC3C4CCC(C(C)CCCC(C)C)[C@@]4(C)CCC32)C1. The topological polar surface area (TPSA) is 9.23 Å². The van der Waals surface area contributed by atoms with Crippen LogP contribution in [-0.4, -0.2) is 12.7 Å². The van der Waals surface area contributed by atoms with Crippen molar-refractivity contribution in [3.63, 3.8) is 0 Å². The first-order chi connectivity index (χ1) is 26.7. The maximum Gasteiger partial charge on any atom is 0.0578 e. The van der Waals surface area contributed by atoms with Gasteiger partial charge in [0.2, 0.25) is 0 Å². The standard InChI is InChI=1S/C54H98O/c1-8-10-11-12-13-14-15-16-17-18-19-20-21-22-23-24-25-26-32-46(9-2)33-27-28-42-55-48-38-40-53(6)47(43-48)34-35-49-51-37-36-50(45(5)31-29-30-44(3)4)54(51,7)41-39-52(49)53/h13-14,16-17,44-52H,8-12,15,18-43H2,1-7H3/b14-13-,17-16-/t45?,46?,47?,48-,49?,50?,51?,52?,53-,54+/m0/s1. The van der Waals surface area contributed by atoms with Crippen molar-refractivity contribution in [2.24, 2.45) is 58.2 Å². The Morgan fingerprint density at radius 1 is 0.582 bits per heavy atom. The van der Waals surface area contributed by atoms with Crippen LogP contribution in [0.15, 0.2) is 24.3 Å². The molecule has 4 aliphatic carbocycles. The van der Waals surface area contributed by atoms with Gasteiger partial charge >= 0.3 is 0 Å². The monoisotopic (exact) mass is 763 g/mol. The number of ether oxygens (including phenoxy) is 1. The van der Waals surface area contributed by atoms with Crippen LogP contribution in [-0.2, 0) is 4.74 Å². The van der Waals surface area contributed by atoms with Crippen molar-refractivity contribution in [1.82, 2.24) is 0 Å². The molecule has 0 bridgehead atoms. The Morgan fingerprint density at radius 3 is 1.91 bits per heavy atom. The summed E-state index contributed by atoms with van der Waals surface area (Å²) in [7, 11) is 0. The van der Waals surface area contributed by atoms with Crippen molar-refractivity contribution >= 4 is 0 Å². The quantitative estimate of drug-likeness (QED) is 0.0545. The Bertz CT molecular complexity index is 1040. The molecule has 0 aliphatic heterocycles. The van der Waals surface area contributed by atoms with E-state index in [1.807, 2.05) is 0 Å². The predicted octanol–water partition coefficient (Wildman–Crippen LogP) is 17.7. The molecule has 0 aromatic rings. The molecule has 0 spiro atoms. The van der Waals surface area contributed by atoms with Gasteiger partial charge in [-0.25, -0.2) is 0 Å². The van der Waals surface area contributed by atoms with Gasteiger partial charge in [-0.05, 0) is 154 Å². The van der Waals surface area contributed by atoms with Gasteiger partial charge in [0.15, 0.2) is 0 Å². The van der Waals surface area contributed by atoms with Crippen LogP contribution in [0.3, 0.4) is 0 Å². The maximum atomic E-state index is 6.70. The summed E-state index contributed by atoms with van der Waals surface area (Å²) in [6, 6.07) is 0. The molecule has 0 aromatic heterocycles. The Morgan fingerprint density at radius 2 is 1.22 bits per heavy atom. The second-order valence-electron chi connectivity index (χ2n) is 21.3. The number of allylic oxidation sites excluding steroid dienone is 4. The van der Waals surface area contributed by atoms with E-state index < -0.39 is 0 Å². The van der Waals surface area contributed by atoms with E-state index in [1.54, 1.807) is 6.42 Å². The first-order valence-corrected chi connectivity index (χ1v) is 25.6. The molecule has 0 saturated heterocycles. The molecule has 4 aliphatic rings. The molecule has 0 heterocycles. The molecule has 4 saturated carbocycles. The molecule has 10 atom stereocenters. The van der Waals surface area contributed by atoms with Crippen LogP contribution >= 0.6 is 0 Å². The van der Waals surface area contributed by atoms with E-state index in [0.29, 0.717) is 16.9 Å². The van der Waals surface area contributed by atoms with Crippen LogP contribution in [0.1, 0.15) is 248 Å². The Balaban J connectivity index is 1.01. The molecular weight excluding hydrogens is 665 g/mol. The molecule has 0 radical (unpaired) electrons. The van der Waals surface area contributed by atoms with Gasteiger partial charge in [-0.3, -0.25) is 0 Å². The molecule has 1 nitrogen and oxygen atoms in total. The number of unbranched alkanes of at least 4 members (excludes halogenated alkanes) is 12. The molecule has 0 N–H and O–H groups in total. The largest absolute Gasteiger partial charge is 0.378 e. The molecular formula is C54H98O. The van der Waals surface area contributed by atoms with Gasteiger partial charge in [-0.2, -0.15) is 0 Å². The van der Waals surface area contributed by atoms with Crippen molar-refractivity contribution in [2.45, 2.75) is 254 Å². The van der Waals surface area contributed by atoms with Gasteiger partial charge in [0.05, 0.1) is 6.10 Å². The summed E-state index contributed by atoms with van der Waals surface area (Å²) in [6.45, 7) is 18.7. The van der Waals surface area contributed by atoms with E-state index in [9.17, 15) is 0 Å². The number of rotatable bonds is 29. The van der Waals surface area contributed by atoms with Crippen LogP contribution in [0, 0.1) is 58.2 Å². The summed E-state index contributed by atoms with van der Waals surface area (Å²) in [5.74, 6) is 7.65. The summed E-state index contributed by atoms with van der Waals surface area (Å²) in [6.07, 6.45) is 53.8. The molecule has 55 heavy (non-hydrogen) atoms. The maximum absolute atomic E-state index is 6.70. The van der Waals surface area contributed by atoms with Gasteiger partial charge in [0.1, 0.15) is 0 Å². The highest BCUT2D eigenvalue weighted by Crippen LogP contribution is 2.68. The Hall–Kier alpha value is -0.560. The minimum atomic E-state index is 0.544. The normalized spacial score (nSPS) is 31.9. The van der Waals surface area contributed by atoms with Crippen molar-refractivity contribution in [3.8, 4) is 0 Å². The third-order valence-corrected chi connectivity index (χ3v) is 17.1. The van der Waals surface area contributed by atoms with Crippen LogP contribution in [0.2, 0.25) is 0 Å². The number of fused-ring (bicyclic) bond motifs is 5. The molecule has 0 aromatic carbocycles. The van der Waals surface area contributed by atoms with Crippen LogP contribution in [0.5, 0.6) is 0 Å². The Labute approximate surface area is 346 Å². The smallest absolute Gasteiger partial charge is 0.0578 e. The number of hydrogen-bond donors (Lipinski definition) is 0. The minimum Gasteiger partial charge on any atom is -0.378 e. The fraction of sp³-hybridized carbons (Fsp3) is 0.926. The van der Waals surface area contributed by atoms with Gasteiger partial charge in [0.25, 0.3) is 0 Å². The summed E-state index contributed by atoms with van der Waals surface area (Å²) in [4.78, 5) is 0. The highest BCUT2D eigenvalue weighted by Gasteiger charge is 2.60. The third-order valence-electron chi connectivity index (χ3n) is 17.1. The van der Waals surface area contributed by atoms with Crippen molar-refractivity contribution in [1.29, 1.82) is 0 Å². The fourth-order valence-electron chi connectivity index (χ4n) is 13.5. The lowest BCUT2D eigenvalue weighted by Crippen LogP contribution is -2.54. The minimum absolute atomic E-state index is 0.544. The van der Waals surface area contributed by atoms with E-state index in [2.05, 4.69) is 72.8 Å². The molecule has 7 unspecified atom stereocenters. The lowest BCUT2D eigenvalue weighted by molar-refractivity contribution is -0.137. The summed E-state index contributed by atoms with van der Waals surface area (Å²) in [5.41, 5.74) is 1.21. The van der Waals surface area contributed by atoms with Gasteiger partial charge in [0, 0.05) is 6.61 Å². The zero-order valence-corrected chi connectivity index (χ0v) is 38.5. The Kier molecular flexibility index (Phi) is 22.1. The van der Waals surface area contributed by atoms with E-state index in [4.69, 9.17) is 4.74 Å². The second-order valence-corrected chi connectivity index (χ2v) is 21.3. The predicted molar refractivity (Wildman–Crippen MR) is 244 cm³/mol. The van der Waals surface area contributed by atoms with Gasteiger partial charge in [-0.1, -0.05) is 176 Å². The molecule has 1 heteroatoms. The van der Waals surface area contributed by atoms with E-state index >= 15 is 0 Å². The van der Waals surface area contributed by atoms with Crippen LogP contribution in [0.25, 0.3) is 0 Å². The third kappa shape index (κ3) is 14.9. The average molecular weight is 763 g/mol. The van der Waals surface area contributed by atoms with Crippen molar-refractivity contribution in [3.05, 3.63) is 24.3 Å². The van der Waals surface area contributed by atoms with Crippen LogP contribution in [0.4, 0.5) is 0 Å². The van der Waals surface area contributed by atoms with Gasteiger partial charge in [-0.15, -0.1) is 0 Å². The van der Waals surface area contributed by atoms with Crippen molar-refractivity contribution in [2.75, 3.05) is 6.61 Å². The van der Waals surface area contributed by atoms with E-state index in [0.717, 1.165) is 60.4 Å². The summed E-state index contributed by atoms with van der Waals surface area (Å²) in [5, 5.41) is 0. The highest BCUT2D eigenvalue weighted by molar-refractivity contribution is 5.10.